The SMILES string of the molecule is C[C@@H](O)[C@H]1C(=O)N2C(C(=O)[O-])=C(c3ccc(OCC(=O)Nc4ccncc4)cc3)C[C@H]12.[Na+]. The van der Waals surface area contributed by atoms with Gasteiger partial charge in [-0.15, -0.1) is 0 Å². The van der Waals surface area contributed by atoms with Crippen molar-refractivity contribution in [2.45, 2.75) is 25.5 Å². The van der Waals surface area contributed by atoms with Gasteiger partial charge in [0.05, 0.1) is 29.7 Å². The number of anilines is 1. The van der Waals surface area contributed by atoms with Crippen LogP contribution in [0.25, 0.3) is 5.57 Å². The fourth-order valence-electron chi connectivity index (χ4n) is 4.05. The van der Waals surface area contributed by atoms with E-state index in [-0.39, 0.29) is 53.8 Å². The summed E-state index contributed by atoms with van der Waals surface area (Å²) in [6.07, 6.45) is 2.59. The quantitative estimate of drug-likeness (QED) is 0.347. The number of aliphatic carboxylic acids is 1. The molecule has 2 aliphatic rings. The third-order valence-electron chi connectivity index (χ3n) is 5.46. The molecule has 0 bridgehead atoms. The van der Waals surface area contributed by atoms with Gasteiger partial charge < -0.3 is 30.0 Å². The second-order valence-corrected chi connectivity index (χ2v) is 7.46. The number of hydrogen-bond acceptors (Lipinski definition) is 7. The maximum absolute atomic E-state index is 12.3. The summed E-state index contributed by atoms with van der Waals surface area (Å²) in [6.45, 7) is 1.32. The van der Waals surface area contributed by atoms with E-state index in [9.17, 15) is 24.6 Å². The van der Waals surface area contributed by atoms with Gasteiger partial charge in [-0.3, -0.25) is 14.6 Å². The van der Waals surface area contributed by atoms with Crippen LogP contribution in [0.3, 0.4) is 0 Å². The van der Waals surface area contributed by atoms with Crippen molar-refractivity contribution in [2.24, 2.45) is 5.92 Å². The Morgan fingerprint density at radius 3 is 2.50 bits per heavy atom. The molecule has 10 heteroatoms. The standard InChI is InChI=1S/C22H21N3O6.Na/c1-12(26)19-17-10-16(20(22(29)30)25(17)21(19)28)13-2-4-15(5-3-13)31-11-18(27)24-14-6-8-23-9-7-14;/h2-9,12,17,19,26H,10-11H2,1H3,(H,29,30)(H,23,24,27);/q;+1/p-1/t12-,17-,19-;/m1./s1. The fourth-order valence-corrected chi connectivity index (χ4v) is 4.05. The summed E-state index contributed by atoms with van der Waals surface area (Å²) < 4.78 is 5.48. The number of β-lactam (4-membered cyclic amide) rings is 1. The van der Waals surface area contributed by atoms with E-state index in [1.54, 1.807) is 48.8 Å². The predicted octanol–water partition coefficient (Wildman–Crippen LogP) is -2.82. The molecule has 2 aromatic rings. The van der Waals surface area contributed by atoms with Gasteiger partial charge in [0.2, 0.25) is 5.91 Å². The number of pyridine rings is 1. The zero-order valence-electron chi connectivity index (χ0n) is 17.6. The van der Waals surface area contributed by atoms with Gasteiger partial charge in [0.15, 0.2) is 6.61 Å². The number of benzene rings is 1. The first kappa shape index (κ1) is 23.9. The van der Waals surface area contributed by atoms with Crippen LogP contribution >= 0.6 is 0 Å². The van der Waals surface area contributed by atoms with Gasteiger partial charge in [0.25, 0.3) is 5.91 Å². The van der Waals surface area contributed by atoms with E-state index < -0.39 is 23.9 Å². The minimum absolute atomic E-state index is 0. The minimum Gasteiger partial charge on any atom is -0.543 e. The van der Waals surface area contributed by atoms with Crippen LogP contribution in [-0.4, -0.2) is 51.5 Å². The van der Waals surface area contributed by atoms with Crippen LogP contribution in [0, 0.1) is 5.92 Å². The Balaban J connectivity index is 0.00000289. The summed E-state index contributed by atoms with van der Waals surface area (Å²) in [5.41, 5.74) is 1.54. The van der Waals surface area contributed by atoms with Crippen LogP contribution in [0.1, 0.15) is 18.9 Å². The first-order valence-corrected chi connectivity index (χ1v) is 9.75. The fraction of sp³-hybridized carbons (Fsp3) is 0.273. The van der Waals surface area contributed by atoms with Crippen molar-refractivity contribution in [3.63, 3.8) is 0 Å². The number of aliphatic hydroxyl groups is 1. The molecule has 0 aliphatic carbocycles. The zero-order chi connectivity index (χ0) is 22.1. The second-order valence-electron chi connectivity index (χ2n) is 7.46. The summed E-state index contributed by atoms with van der Waals surface area (Å²) in [4.78, 5) is 41.0. The van der Waals surface area contributed by atoms with Crippen LogP contribution in [-0.2, 0) is 14.4 Å². The number of fused-ring (bicyclic) bond motifs is 1. The van der Waals surface area contributed by atoms with Crippen molar-refractivity contribution >= 4 is 29.0 Å². The summed E-state index contributed by atoms with van der Waals surface area (Å²) >= 11 is 0. The van der Waals surface area contributed by atoms with E-state index in [4.69, 9.17) is 4.74 Å². The Morgan fingerprint density at radius 2 is 1.91 bits per heavy atom. The van der Waals surface area contributed by atoms with E-state index in [0.29, 0.717) is 29.0 Å². The Morgan fingerprint density at radius 1 is 1.25 bits per heavy atom. The second kappa shape index (κ2) is 9.83. The Bertz CT molecular complexity index is 1060. The number of nitrogens with zero attached hydrogens (tertiary/aromatic N) is 2. The summed E-state index contributed by atoms with van der Waals surface area (Å²) in [5.74, 6) is -2.35. The number of carboxylic acids is 1. The molecule has 2 N–H and O–H groups in total. The van der Waals surface area contributed by atoms with E-state index in [2.05, 4.69) is 10.3 Å². The maximum Gasteiger partial charge on any atom is 1.00 e. The minimum atomic E-state index is -1.43. The molecule has 32 heavy (non-hydrogen) atoms. The zero-order valence-corrected chi connectivity index (χ0v) is 19.6. The van der Waals surface area contributed by atoms with Gasteiger partial charge in [-0.1, -0.05) is 12.1 Å². The normalized spacial score (nSPS) is 20.1. The molecule has 0 saturated carbocycles. The van der Waals surface area contributed by atoms with E-state index in [1.807, 2.05) is 0 Å². The van der Waals surface area contributed by atoms with Crippen LogP contribution in [0.4, 0.5) is 5.69 Å². The molecule has 3 atom stereocenters. The number of carboxylic acid groups (broad SMARTS) is 1. The number of nitrogens with one attached hydrogen (secondary N) is 1. The number of rotatable bonds is 7. The van der Waals surface area contributed by atoms with Crippen LogP contribution in [0.15, 0.2) is 54.5 Å². The van der Waals surface area contributed by atoms with E-state index in [0.717, 1.165) is 0 Å². The third-order valence-corrected chi connectivity index (χ3v) is 5.46. The van der Waals surface area contributed by atoms with Gasteiger partial charge in [-0.25, -0.2) is 0 Å². The van der Waals surface area contributed by atoms with Crippen molar-refractivity contribution in [3.8, 4) is 5.75 Å². The number of amides is 2. The van der Waals surface area contributed by atoms with Crippen molar-refractivity contribution in [1.29, 1.82) is 0 Å². The third kappa shape index (κ3) is 4.56. The van der Waals surface area contributed by atoms with Gasteiger partial charge in [-0.2, -0.15) is 0 Å². The number of ether oxygens (including phenoxy) is 1. The number of hydrogen-bond donors (Lipinski definition) is 2. The summed E-state index contributed by atoms with van der Waals surface area (Å²) in [6, 6.07) is 9.52. The molecule has 0 radical (unpaired) electrons. The average molecular weight is 445 g/mol. The van der Waals surface area contributed by atoms with Crippen molar-refractivity contribution < 1.29 is 58.9 Å². The molecule has 1 saturated heterocycles. The molecule has 0 spiro atoms. The molecule has 160 valence electrons. The van der Waals surface area contributed by atoms with Crippen LogP contribution in [0.5, 0.6) is 5.75 Å². The number of aromatic nitrogens is 1. The molecule has 1 aromatic carbocycles. The Kier molecular flexibility index (Phi) is 7.35. The molecule has 1 fully saturated rings. The summed E-state index contributed by atoms with van der Waals surface area (Å²) in [7, 11) is 0. The average Bonchev–Trinajstić information content (AvgIpc) is 3.08. The predicted molar refractivity (Wildman–Crippen MR) is 107 cm³/mol. The molecule has 0 unspecified atom stereocenters. The smallest absolute Gasteiger partial charge is 0.543 e. The van der Waals surface area contributed by atoms with E-state index in [1.165, 1.54) is 11.8 Å². The number of carbonyl (C=O) groups is 3. The molecule has 9 nitrogen and oxygen atoms in total. The van der Waals surface area contributed by atoms with Gasteiger partial charge in [0.1, 0.15) is 5.75 Å². The van der Waals surface area contributed by atoms with Gasteiger partial charge in [0, 0.05) is 18.1 Å². The Hall–Kier alpha value is -2.72. The maximum atomic E-state index is 12.3. The molecule has 4 rings (SSSR count). The summed E-state index contributed by atoms with van der Waals surface area (Å²) in [5, 5.41) is 24.2. The van der Waals surface area contributed by atoms with Gasteiger partial charge in [-0.05, 0) is 48.7 Å². The van der Waals surface area contributed by atoms with E-state index >= 15 is 0 Å². The molecular formula is C22H20N3NaO6. The van der Waals surface area contributed by atoms with Gasteiger partial charge >= 0.3 is 29.6 Å². The molecule has 3 heterocycles. The number of carbonyl (C=O) groups excluding carboxylic acids is 3. The molecule has 1 aromatic heterocycles. The molecule has 2 amide bonds. The van der Waals surface area contributed by atoms with Crippen LogP contribution < -0.4 is 44.7 Å². The number of aliphatic hydroxyl groups excluding tert-OH is 1. The first-order valence-electron chi connectivity index (χ1n) is 9.75. The van der Waals surface area contributed by atoms with Crippen molar-refractivity contribution in [3.05, 3.63) is 60.1 Å². The molecule has 2 aliphatic heterocycles. The monoisotopic (exact) mass is 445 g/mol. The topological polar surface area (TPSA) is 132 Å². The van der Waals surface area contributed by atoms with Crippen molar-refractivity contribution in [1.82, 2.24) is 9.88 Å². The first-order chi connectivity index (χ1) is 14.9. The largest absolute Gasteiger partial charge is 1.00 e. The van der Waals surface area contributed by atoms with Crippen molar-refractivity contribution in [2.75, 3.05) is 11.9 Å². The van der Waals surface area contributed by atoms with Crippen LogP contribution in [0.2, 0.25) is 0 Å². The Labute approximate surface area is 206 Å². The molecular weight excluding hydrogens is 425 g/mol.